The van der Waals surface area contributed by atoms with Crippen molar-refractivity contribution in [1.29, 1.82) is 0 Å². The van der Waals surface area contributed by atoms with Crippen LogP contribution in [0.5, 0.6) is 0 Å². The number of hydrogen-bond acceptors (Lipinski definition) is 6. The van der Waals surface area contributed by atoms with E-state index in [0.717, 1.165) is 6.42 Å². The van der Waals surface area contributed by atoms with Gasteiger partial charge in [0, 0.05) is 6.61 Å². The minimum absolute atomic E-state index is 0.399. The van der Waals surface area contributed by atoms with Gasteiger partial charge in [-0.1, -0.05) is 6.92 Å². The van der Waals surface area contributed by atoms with Crippen molar-refractivity contribution >= 4 is 0 Å². The lowest BCUT2D eigenvalue weighted by Gasteiger charge is -2.18. The first-order valence-electron chi connectivity index (χ1n) is 5.04. The van der Waals surface area contributed by atoms with E-state index in [-0.39, 0.29) is 0 Å². The highest BCUT2D eigenvalue weighted by Crippen LogP contribution is 2.24. The van der Waals surface area contributed by atoms with Gasteiger partial charge in [0.1, 0.15) is 24.4 Å². The Labute approximate surface area is 88.1 Å². The second kappa shape index (κ2) is 5.74. The SMILES string of the molecule is CCCO[C@@H]1O[C@@H]([C@H](O)CO)[C@H](O)[C@H]1O. The summed E-state index contributed by atoms with van der Waals surface area (Å²) in [6, 6.07) is 0. The molecule has 6 heteroatoms. The van der Waals surface area contributed by atoms with Gasteiger partial charge in [0.15, 0.2) is 6.29 Å². The summed E-state index contributed by atoms with van der Waals surface area (Å²) in [5, 5.41) is 37.0. The van der Waals surface area contributed by atoms with Crippen molar-refractivity contribution in [2.45, 2.75) is 44.1 Å². The van der Waals surface area contributed by atoms with E-state index in [1.54, 1.807) is 0 Å². The predicted molar refractivity (Wildman–Crippen MR) is 50.0 cm³/mol. The van der Waals surface area contributed by atoms with Gasteiger partial charge < -0.3 is 29.9 Å². The first-order chi connectivity index (χ1) is 7.11. The topological polar surface area (TPSA) is 99.4 Å². The third-order valence-corrected chi connectivity index (χ3v) is 2.31. The zero-order chi connectivity index (χ0) is 11.4. The maximum Gasteiger partial charge on any atom is 0.186 e. The fourth-order valence-corrected chi connectivity index (χ4v) is 1.47. The standard InChI is InChI=1S/C9H18O6/c1-2-3-14-9-7(13)6(12)8(15-9)5(11)4-10/h5-13H,2-4H2,1H3/t5-,6-,7-,8+,9-/m1/s1. The van der Waals surface area contributed by atoms with Crippen molar-refractivity contribution in [3.05, 3.63) is 0 Å². The highest BCUT2D eigenvalue weighted by atomic mass is 16.7. The lowest BCUT2D eigenvalue weighted by molar-refractivity contribution is -0.180. The molecule has 1 rings (SSSR count). The van der Waals surface area contributed by atoms with Crippen molar-refractivity contribution in [2.24, 2.45) is 0 Å². The van der Waals surface area contributed by atoms with Crippen LogP contribution in [0.15, 0.2) is 0 Å². The van der Waals surface area contributed by atoms with Gasteiger partial charge in [0.05, 0.1) is 6.61 Å². The van der Waals surface area contributed by atoms with E-state index >= 15 is 0 Å². The molecular formula is C9H18O6. The maximum absolute atomic E-state index is 9.51. The molecule has 1 heterocycles. The van der Waals surface area contributed by atoms with Crippen LogP contribution in [-0.2, 0) is 9.47 Å². The zero-order valence-corrected chi connectivity index (χ0v) is 8.61. The molecule has 5 atom stereocenters. The molecule has 6 nitrogen and oxygen atoms in total. The minimum atomic E-state index is -1.24. The molecule has 1 aliphatic heterocycles. The highest BCUT2D eigenvalue weighted by molar-refractivity contribution is 4.90. The monoisotopic (exact) mass is 222 g/mol. The van der Waals surface area contributed by atoms with Gasteiger partial charge in [-0.2, -0.15) is 0 Å². The van der Waals surface area contributed by atoms with E-state index in [2.05, 4.69) is 0 Å². The molecular weight excluding hydrogens is 204 g/mol. The Morgan fingerprint density at radius 3 is 2.53 bits per heavy atom. The van der Waals surface area contributed by atoms with Crippen LogP contribution < -0.4 is 0 Å². The molecule has 0 aromatic heterocycles. The van der Waals surface area contributed by atoms with Crippen LogP contribution in [0.1, 0.15) is 13.3 Å². The summed E-state index contributed by atoms with van der Waals surface area (Å²) >= 11 is 0. The largest absolute Gasteiger partial charge is 0.394 e. The molecule has 1 fully saturated rings. The Hall–Kier alpha value is -0.240. The van der Waals surface area contributed by atoms with Gasteiger partial charge in [-0.25, -0.2) is 0 Å². The normalized spacial score (nSPS) is 38.2. The number of rotatable bonds is 5. The molecule has 0 radical (unpaired) electrons. The molecule has 0 unspecified atom stereocenters. The van der Waals surface area contributed by atoms with Crippen molar-refractivity contribution < 1.29 is 29.9 Å². The highest BCUT2D eigenvalue weighted by Gasteiger charge is 2.46. The van der Waals surface area contributed by atoms with Gasteiger partial charge in [0.25, 0.3) is 0 Å². The van der Waals surface area contributed by atoms with Gasteiger partial charge in [-0.3, -0.25) is 0 Å². The third kappa shape index (κ3) is 2.87. The summed E-state index contributed by atoms with van der Waals surface area (Å²) in [4.78, 5) is 0. The van der Waals surface area contributed by atoms with Gasteiger partial charge in [-0.05, 0) is 6.42 Å². The van der Waals surface area contributed by atoms with Gasteiger partial charge in [-0.15, -0.1) is 0 Å². The second-order valence-corrected chi connectivity index (χ2v) is 3.57. The van der Waals surface area contributed by atoms with Crippen molar-refractivity contribution in [2.75, 3.05) is 13.2 Å². The summed E-state index contributed by atoms with van der Waals surface area (Å²) in [5.41, 5.74) is 0. The summed E-state index contributed by atoms with van der Waals surface area (Å²) in [6.45, 7) is 1.77. The van der Waals surface area contributed by atoms with E-state index in [1.807, 2.05) is 6.92 Å². The van der Waals surface area contributed by atoms with Crippen LogP contribution in [0, 0.1) is 0 Å². The average Bonchev–Trinajstić information content (AvgIpc) is 2.53. The average molecular weight is 222 g/mol. The lowest BCUT2D eigenvalue weighted by Crippen LogP contribution is -2.40. The van der Waals surface area contributed by atoms with Crippen molar-refractivity contribution in [3.63, 3.8) is 0 Å². The van der Waals surface area contributed by atoms with Crippen LogP contribution in [0.2, 0.25) is 0 Å². The van der Waals surface area contributed by atoms with Crippen LogP contribution >= 0.6 is 0 Å². The number of aliphatic hydroxyl groups is 4. The lowest BCUT2D eigenvalue weighted by atomic mass is 10.1. The van der Waals surface area contributed by atoms with Crippen molar-refractivity contribution in [3.8, 4) is 0 Å². The van der Waals surface area contributed by atoms with E-state index in [9.17, 15) is 15.3 Å². The molecule has 0 saturated carbocycles. The van der Waals surface area contributed by atoms with E-state index in [4.69, 9.17) is 14.6 Å². The molecule has 0 spiro atoms. The predicted octanol–water partition coefficient (Wildman–Crippen LogP) is -1.79. The minimum Gasteiger partial charge on any atom is -0.394 e. The molecule has 0 aromatic rings. The summed E-state index contributed by atoms with van der Waals surface area (Å²) in [5.74, 6) is 0. The molecule has 15 heavy (non-hydrogen) atoms. The summed E-state index contributed by atoms with van der Waals surface area (Å²) < 4.78 is 10.2. The molecule has 4 N–H and O–H groups in total. The molecule has 90 valence electrons. The smallest absolute Gasteiger partial charge is 0.186 e. The second-order valence-electron chi connectivity index (χ2n) is 3.57. The van der Waals surface area contributed by atoms with Crippen LogP contribution in [-0.4, -0.2) is 64.3 Å². The van der Waals surface area contributed by atoms with Crippen LogP contribution in [0.4, 0.5) is 0 Å². The molecule has 0 aromatic carbocycles. The Bertz CT molecular complexity index is 187. The van der Waals surface area contributed by atoms with Gasteiger partial charge >= 0.3 is 0 Å². The van der Waals surface area contributed by atoms with E-state index < -0.39 is 37.3 Å². The first-order valence-corrected chi connectivity index (χ1v) is 5.04. The van der Waals surface area contributed by atoms with E-state index in [1.165, 1.54) is 0 Å². The Kier molecular flexibility index (Phi) is 4.91. The fraction of sp³-hybridized carbons (Fsp3) is 1.00. The van der Waals surface area contributed by atoms with Crippen LogP contribution in [0.3, 0.4) is 0 Å². The first kappa shape index (κ1) is 12.8. The summed E-state index contributed by atoms with van der Waals surface area (Å²) in [7, 11) is 0. The number of ether oxygens (including phenoxy) is 2. The third-order valence-electron chi connectivity index (χ3n) is 2.31. The quantitative estimate of drug-likeness (QED) is 0.438. The maximum atomic E-state index is 9.51. The van der Waals surface area contributed by atoms with Crippen LogP contribution in [0.25, 0.3) is 0 Å². The molecule has 0 amide bonds. The Morgan fingerprint density at radius 2 is 2.00 bits per heavy atom. The fourth-order valence-electron chi connectivity index (χ4n) is 1.47. The number of hydrogen-bond donors (Lipinski definition) is 4. The molecule has 0 bridgehead atoms. The van der Waals surface area contributed by atoms with E-state index in [0.29, 0.717) is 6.61 Å². The van der Waals surface area contributed by atoms with Crippen molar-refractivity contribution in [1.82, 2.24) is 0 Å². The molecule has 1 saturated heterocycles. The Morgan fingerprint density at radius 1 is 1.33 bits per heavy atom. The molecule has 1 aliphatic rings. The Balaban J connectivity index is 2.51. The molecule has 0 aliphatic carbocycles. The summed E-state index contributed by atoms with van der Waals surface area (Å²) in [6.07, 6.45) is -4.84. The zero-order valence-electron chi connectivity index (χ0n) is 8.61. The van der Waals surface area contributed by atoms with Gasteiger partial charge in [0.2, 0.25) is 0 Å². The number of aliphatic hydroxyl groups excluding tert-OH is 4.